The van der Waals surface area contributed by atoms with Crippen molar-refractivity contribution < 1.29 is 14.3 Å². The molecular weight excluding hydrogens is 180 g/mol. The van der Waals surface area contributed by atoms with Crippen LogP contribution in [0.15, 0.2) is 0 Å². The minimum atomic E-state index is -0.529. The number of carbonyl (C=O) groups excluding carboxylic acids is 1. The maximum atomic E-state index is 11.1. The molecule has 0 aliphatic carbocycles. The van der Waals surface area contributed by atoms with Gasteiger partial charge in [-0.15, -0.1) is 0 Å². The van der Waals surface area contributed by atoms with Gasteiger partial charge in [0.25, 0.3) is 0 Å². The number of rotatable bonds is 6. The van der Waals surface area contributed by atoms with E-state index in [0.717, 1.165) is 19.3 Å². The summed E-state index contributed by atoms with van der Waals surface area (Å²) in [7, 11) is 0. The van der Waals surface area contributed by atoms with Gasteiger partial charge < -0.3 is 9.47 Å². The first-order chi connectivity index (χ1) is 6.60. The molecule has 84 valence electrons. The highest BCUT2D eigenvalue weighted by atomic mass is 16.7. The fourth-order valence-corrected chi connectivity index (χ4v) is 1.07. The third-order valence-corrected chi connectivity index (χ3v) is 1.86. The lowest BCUT2D eigenvalue weighted by molar-refractivity contribution is 0.0138. The Morgan fingerprint density at radius 2 is 1.93 bits per heavy atom. The maximum absolute atomic E-state index is 11.1. The first kappa shape index (κ1) is 13.3. The summed E-state index contributed by atoms with van der Waals surface area (Å²) in [5.74, 6) is 0.355. The smallest absolute Gasteiger partial charge is 0.434 e. The second-order valence-corrected chi connectivity index (χ2v) is 3.89. The van der Waals surface area contributed by atoms with Gasteiger partial charge in [-0.25, -0.2) is 4.79 Å². The van der Waals surface area contributed by atoms with Crippen LogP contribution in [0.3, 0.4) is 0 Å². The molecule has 0 heterocycles. The van der Waals surface area contributed by atoms with Gasteiger partial charge in [-0.1, -0.05) is 34.1 Å². The van der Waals surface area contributed by atoms with Gasteiger partial charge in [0.15, 0.2) is 0 Å². The molecule has 0 aromatic rings. The third-order valence-electron chi connectivity index (χ3n) is 1.86. The van der Waals surface area contributed by atoms with Crippen molar-refractivity contribution >= 4 is 6.16 Å². The summed E-state index contributed by atoms with van der Waals surface area (Å²) < 4.78 is 10.1. The van der Waals surface area contributed by atoms with E-state index in [1.165, 1.54) is 0 Å². The van der Waals surface area contributed by atoms with Crippen molar-refractivity contribution in [2.45, 2.75) is 53.1 Å². The van der Waals surface area contributed by atoms with Gasteiger partial charge >= 0.3 is 6.16 Å². The highest BCUT2D eigenvalue weighted by Crippen LogP contribution is 2.08. The van der Waals surface area contributed by atoms with Crippen LogP contribution in [0, 0.1) is 5.92 Å². The van der Waals surface area contributed by atoms with Gasteiger partial charge in [0.2, 0.25) is 0 Å². The van der Waals surface area contributed by atoms with Gasteiger partial charge in [-0.05, 0) is 18.8 Å². The first-order valence-electron chi connectivity index (χ1n) is 5.43. The van der Waals surface area contributed by atoms with Crippen molar-refractivity contribution in [3.63, 3.8) is 0 Å². The van der Waals surface area contributed by atoms with Crippen molar-refractivity contribution in [2.24, 2.45) is 5.92 Å². The van der Waals surface area contributed by atoms with Crippen LogP contribution in [0.5, 0.6) is 0 Å². The van der Waals surface area contributed by atoms with Crippen LogP contribution in [0.4, 0.5) is 4.79 Å². The monoisotopic (exact) mass is 202 g/mol. The van der Waals surface area contributed by atoms with E-state index in [0.29, 0.717) is 12.5 Å². The zero-order valence-corrected chi connectivity index (χ0v) is 9.71. The molecule has 0 spiro atoms. The van der Waals surface area contributed by atoms with Gasteiger partial charge in [0.1, 0.15) is 6.10 Å². The predicted octanol–water partition coefficient (Wildman–Crippen LogP) is 3.37. The van der Waals surface area contributed by atoms with E-state index in [9.17, 15) is 4.79 Å². The van der Waals surface area contributed by atoms with E-state index < -0.39 is 6.16 Å². The van der Waals surface area contributed by atoms with Crippen molar-refractivity contribution in [1.29, 1.82) is 0 Å². The molecule has 0 aliphatic heterocycles. The number of carbonyl (C=O) groups is 1. The topological polar surface area (TPSA) is 35.5 Å². The number of hydrogen-bond acceptors (Lipinski definition) is 3. The van der Waals surface area contributed by atoms with Gasteiger partial charge in [-0.3, -0.25) is 0 Å². The molecular formula is C11H22O3. The summed E-state index contributed by atoms with van der Waals surface area (Å²) in [4.78, 5) is 11.1. The average Bonchev–Trinajstić information content (AvgIpc) is 2.14. The van der Waals surface area contributed by atoms with Crippen molar-refractivity contribution in [1.82, 2.24) is 0 Å². The van der Waals surface area contributed by atoms with Crippen LogP contribution < -0.4 is 0 Å². The Morgan fingerprint density at radius 3 is 2.36 bits per heavy atom. The Labute approximate surface area is 86.8 Å². The summed E-state index contributed by atoms with van der Waals surface area (Å²) in [6, 6.07) is 0. The fraction of sp³-hybridized carbons (Fsp3) is 0.909. The zero-order chi connectivity index (χ0) is 11.0. The Kier molecular flexibility index (Phi) is 7.25. The predicted molar refractivity (Wildman–Crippen MR) is 56.3 cm³/mol. The van der Waals surface area contributed by atoms with Crippen LogP contribution in [0.25, 0.3) is 0 Å². The van der Waals surface area contributed by atoms with Crippen LogP contribution in [-0.4, -0.2) is 18.9 Å². The second-order valence-electron chi connectivity index (χ2n) is 3.89. The van der Waals surface area contributed by atoms with Gasteiger partial charge in [-0.2, -0.15) is 0 Å². The van der Waals surface area contributed by atoms with Crippen LogP contribution in [0.2, 0.25) is 0 Å². The molecule has 0 rings (SSSR count). The Morgan fingerprint density at radius 1 is 1.29 bits per heavy atom. The molecule has 3 nitrogen and oxygen atoms in total. The zero-order valence-electron chi connectivity index (χ0n) is 9.71. The Hall–Kier alpha value is -0.730. The largest absolute Gasteiger partial charge is 0.508 e. The van der Waals surface area contributed by atoms with E-state index in [-0.39, 0.29) is 6.10 Å². The molecule has 0 fully saturated rings. The lowest BCUT2D eigenvalue weighted by atomic mass is 10.2. The molecule has 0 aromatic carbocycles. The lowest BCUT2D eigenvalue weighted by Crippen LogP contribution is -2.19. The maximum Gasteiger partial charge on any atom is 0.508 e. The number of hydrogen-bond donors (Lipinski definition) is 0. The minimum Gasteiger partial charge on any atom is -0.434 e. The molecule has 0 N–H and O–H groups in total. The SMILES string of the molecule is CCCC(CC)OC(=O)OCC(C)C. The van der Waals surface area contributed by atoms with Crippen molar-refractivity contribution in [3.8, 4) is 0 Å². The molecule has 0 amide bonds. The van der Waals surface area contributed by atoms with E-state index in [1.54, 1.807) is 0 Å². The molecule has 0 aliphatic rings. The molecule has 14 heavy (non-hydrogen) atoms. The first-order valence-corrected chi connectivity index (χ1v) is 5.43. The summed E-state index contributed by atoms with van der Waals surface area (Å²) in [6.07, 6.45) is 2.27. The molecule has 1 atom stereocenters. The second kappa shape index (κ2) is 7.65. The molecule has 1 unspecified atom stereocenters. The van der Waals surface area contributed by atoms with Crippen LogP contribution in [-0.2, 0) is 9.47 Å². The van der Waals surface area contributed by atoms with E-state index in [4.69, 9.17) is 9.47 Å². The summed E-state index contributed by atoms with van der Waals surface area (Å²) >= 11 is 0. The van der Waals surface area contributed by atoms with E-state index >= 15 is 0 Å². The fourth-order valence-electron chi connectivity index (χ4n) is 1.07. The Balaban J connectivity index is 3.67. The molecule has 0 saturated heterocycles. The van der Waals surface area contributed by atoms with Crippen molar-refractivity contribution in [2.75, 3.05) is 6.61 Å². The van der Waals surface area contributed by atoms with Gasteiger partial charge in [0, 0.05) is 0 Å². The molecule has 0 bridgehead atoms. The summed E-state index contributed by atoms with van der Waals surface area (Å²) in [6.45, 7) is 8.51. The third kappa shape index (κ3) is 6.75. The highest BCUT2D eigenvalue weighted by Gasteiger charge is 2.12. The molecule has 3 heteroatoms. The lowest BCUT2D eigenvalue weighted by Gasteiger charge is -2.15. The molecule has 0 aromatic heterocycles. The van der Waals surface area contributed by atoms with Crippen LogP contribution in [0.1, 0.15) is 47.0 Å². The minimum absolute atomic E-state index is 0.0136. The quantitative estimate of drug-likeness (QED) is 0.619. The normalized spacial score (nSPS) is 12.6. The molecule has 0 radical (unpaired) electrons. The van der Waals surface area contributed by atoms with Gasteiger partial charge in [0.05, 0.1) is 6.61 Å². The molecule has 0 saturated carbocycles. The summed E-state index contributed by atoms with van der Waals surface area (Å²) in [5.41, 5.74) is 0. The Bertz CT molecular complexity index is 155. The number of ether oxygens (including phenoxy) is 2. The van der Waals surface area contributed by atoms with E-state index in [2.05, 4.69) is 6.92 Å². The van der Waals surface area contributed by atoms with Crippen molar-refractivity contribution in [3.05, 3.63) is 0 Å². The summed E-state index contributed by atoms with van der Waals surface area (Å²) in [5, 5.41) is 0. The standard InChI is InChI=1S/C11H22O3/c1-5-7-10(6-2)14-11(12)13-8-9(3)4/h9-10H,5-8H2,1-4H3. The highest BCUT2D eigenvalue weighted by molar-refractivity contribution is 5.60. The van der Waals surface area contributed by atoms with E-state index in [1.807, 2.05) is 20.8 Å². The van der Waals surface area contributed by atoms with Crippen LogP contribution >= 0.6 is 0 Å². The average molecular weight is 202 g/mol.